The van der Waals surface area contributed by atoms with Crippen molar-refractivity contribution in [3.8, 4) is 11.5 Å². The monoisotopic (exact) mass is 495 g/mol. The van der Waals surface area contributed by atoms with E-state index in [9.17, 15) is 14.0 Å². The molecule has 192 valence electrons. The zero-order valence-corrected chi connectivity index (χ0v) is 21.1. The van der Waals surface area contributed by atoms with Gasteiger partial charge in [-0.05, 0) is 82.1 Å². The molecule has 2 heterocycles. The number of unbranched alkanes of at least 4 members (excludes halogenated alkanes) is 3. The Balaban J connectivity index is 1.17. The Morgan fingerprint density at radius 1 is 1.00 bits per heavy atom. The summed E-state index contributed by atoms with van der Waals surface area (Å²) in [4.78, 5) is 28.0. The first kappa shape index (κ1) is 25.9. The van der Waals surface area contributed by atoms with Gasteiger partial charge in [-0.2, -0.15) is 0 Å². The minimum atomic E-state index is -0.316. The molecule has 1 saturated heterocycles. The van der Waals surface area contributed by atoms with Crippen LogP contribution in [-0.2, 0) is 6.42 Å². The van der Waals surface area contributed by atoms with Gasteiger partial charge in [0, 0.05) is 23.1 Å². The van der Waals surface area contributed by atoms with Crippen molar-refractivity contribution in [2.75, 3.05) is 33.9 Å². The van der Waals surface area contributed by atoms with E-state index in [-0.39, 0.29) is 22.9 Å². The largest absolute Gasteiger partial charge is 0.493 e. The Morgan fingerprint density at radius 3 is 2.36 bits per heavy atom. The average Bonchev–Trinajstić information content (AvgIpc) is 2.91. The number of halogens is 1. The van der Waals surface area contributed by atoms with E-state index in [0.717, 1.165) is 58.2 Å². The molecule has 0 spiro atoms. The van der Waals surface area contributed by atoms with E-state index < -0.39 is 0 Å². The Kier molecular flexibility index (Phi) is 8.75. The fourth-order valence-corrected chi connectivity index (χ4v) is 4.94. The molecule has 0 atom stereocenters. The molecule has 0 radical (unpaired) electrons. The molecular weight excluding hydrogens is 461 g/mol. The molecule has 1 fully saturated rings. The first-order valence-electron chi connectivity index (χ1n) is 12.7. The van der Waals surface area contributed by atoms with Crippen LogP contribution in [-0.4, -0.2) is 44.5 Å². The van der Waals surface area contributed by atoms with Crippen LogP contribution in [0.2, 0.25) is 0 Å². The number of hydrogen-bond donors (Lipinski definition) is 0. The van der Waals surface area contributed by atoms with Crippen LogP contribution in [0.15, 0.2) is 51.9 Å². The number of hydrogen-bond acceptors (Lipinski definition) is 6. The Hall–Kier alpha value is -3.19. The molecule has 0 bridgehead atoms. The van der Waals surface area contributed by atoms with Crippen LogP contribution in [0.5, 0.6) is 11.5 Å². The molecule has 7 heteroatoms. The number of aryl methyl sites for hydroxylation is 1. The van der Waals surface area contributed by atoms with Crippen molar-refractivity contribution in [1.29, 1.82) is 0 Å². The Bertz CT molecular complexity index is 1230. The zero-order chi connectivity index (χ0) is 25.5. The summed E-state index contributed by atoms with van der Waals surface area (Å²) in [7, 11) is 3.10. The summed E-state index contributed by atoms with van der Waals surface area (Å²) in [5, 5.41) is 0.506. The van der Waals surface area contributed by atoms with Gasteiger partial charge in [-0.1, -0.05) is 12.8 Å². The van der Waals surface area contributed by atoms with E-state index in [1.807, 2.05) is 0 Å². The smallest absolute Gasteiger partial charge is 0.195 e. The molecule has 0 amide bonds. The fraction of sp³-hybridized carbons (Fsp3) is 0.448. The number of ketones is 1. The number of Topliss-reactive ketones (excluding diaryl/α,β-unsaturated/α-hetero) is 1. The molecule has 1 aliphatic rings. The quantitative estimate of drug-likeness (QED) is 0.253. The van der Waals surface area contributed by atoms with Crippen LogP contribution < -0.4 is 14.9 Å². The standard InChI is InChI=1S/C29H34FNO5/c1-34-26-17-24-25(18-27(26)35-2)36-19-22(29(24)33)7-5-3-4-6-14-31-15-12-21(13-16-31)28(32)20-8-10-23(30)11-9-20/h8-11,17-19,21H,3-7,12-16H2,1-2H3. The number of likely N-dealkylation sites (tertiary alicyclic amines) is 1. The van der Waals surface area contributed by atoms with E-state index in [1.54, 1.807) is 44.7 Å². The van der Waals surface area contributed by atoms with Gasteiger partial charge >= 0.3 is 0 Å². The molecule has 1 aromatic heterocycles. The number of piperidine rings is 1. The number of fused-ring (bicyclic) bond motifs is 1. The molecule has 2 aromatic carbocycles. The zero-order valence-electron chi connectivity index (χ0n) is 21.1. The number of rotatable bonds is 11. The molecule has 0 unspecified atom stereocenters. The average molecular weight is 496 g/mol. The highest BCUT2D eigenvalue weighted by molar-refractivity contribution is 5.97. The first-order chi connectivity index (χ1) is 17.5. The van der Waals surface area contributed by atoms with Crippen LogP contribution in [0.1, 0.15) is 54.4 Å². The second-order valence-electron chi connectivity index (χ2n) is 9.44. The van der Waals surface area contributed by atoms with E-state index in [0.29, 0.717) is 40.0 Å². The highest BCUT2D eigenvalue weighted by Gasteiger charge is 2.25. The van der Waals surface area contributed by atoms with Gasteiger partial charge in [0.15, 0.2) is 22.7 Å². The summed E-state index contributed by atoms with van der Waals surface area (Å²) < 4.78 is 29.4. The van der Waals surface area contributed by atoms with Crippen molar-refractivity contribution in [3.63, 3.8) is 0 Å². The molecule has 0 N–H and O–H groups in total. The lowest BCUT2D eigenvalue weighted by Crippen LogP contribution is -2.36. The molecule has 3 aromatic rings. The summed E-state index contributed by atoms with van der Waals surface area (Å²) in [5.74, 6) is 0.888. The predicted octanol–water partition coefficient (Wildman–Crippen LogP) is 5.65. The molecule has 1 aliphatic heterocycles. The lowest BCUT2D eigenvalue weighted by atomic mass is 9.89. The number of carbonyl (C=O) groups excluding carboxylic acids is 1. The van der Waals surface area contributed by atoms with E-state index in [4.69, 9.17) is 13.9 Å². The van der Waals surface area contributed by atoms with Gasteiger partial charge in [-0.15, -0.1) is 0 Å². The van der Waals surface area contributed by atoms with Gasteiger partial charge in [0.1, 0.15) is 11.4 Å². The summed E-state index contributed by atoms with van der Waals surface area (Å²) in [6.07, 6.45) is 8.12. The van der Waals surface area contributed by atoms with Crippen molar-refractivity contribution in [3.05, 3.63) is 69.8 Å². The van der Waals surface area contributed by atoms with Crippen molar-refractivity contribution >= 4 is 16.8 Å². The summed E-state index contributed by atoms with van der Waals surface area (Å²) in [6, 6.07) is 9.23. The maximum absolute atomic E-state index is 13.1. The Morgan fingerprint density at radius 2 is 1.67 bits per heavy atom. The minimum absolute atomic E-state index is 0.0183. The second kappa shape index (κ2) is 12.2. The number of ether oxygens (including phenoxy) is 2. The summed E-state index contributed by atoms with van der Waals surface area (Å²) in [6.45, 7) is 2.87. The van der Waals surface area contributed by atoms with Gasteiger partial charge in [0.05, 0.1) is 25.9 Å². The van der Waals surface area contributed by atoms with Crippen molar-refractivity contribution in [1.82, 2.24) is 4.90 Å². The van der Waals surface area contributed by atoms with E-state index in [2.05, 4.69) is 4.90 Å². The number of benzene rings is 2. The minimum Gasteiger partial charge on any atom is -0.493 e. The van der Waals surface area contributed by atoms with Crippen LogP contribution in [0, 0.1) is 11.7 Å². The lowest BCUT2D eigenvalue weighted by molar-refractivity contribution is 0.0839. The fourth-order valence-electron chi connectivity index (χ4n) is 4.94. The first-order valence-corrected chi connectivity index (χ1v) is 12.7. The van der Waals surface area contributed by atoms with Gasteiger partial charge in [0.2, 0.25) is 0 Å². The van der Waals surface area contributed by atoms with Crippen molar-refractivity contribution < 1.29 is 23.1 Å². The maximum atomic E-state index is 13.1. The molecule has 6 nitrogen and oxygen atoms in total. The maximum Gasteiger partial charge on any atom is 0.195 e. The highest BCUT2D eigenvalue weighted by atomic mass is 19.1. The summed E-state index contributed by atoms with van der Waals surface area (Å²) in [5.41, 5.74) is 1.76. The van der Waals surface area contributed by atoms with Gasteiger partial charge in [-0.3, -0.25) is 9.59 Å². The number of nitrogens with zero attached hydrogens (tertiary/aromatic N) is 1. The molecule has 0 aliphatic carbocycles. The molecule has 36 heavy (non-hydrogen) atoms. The number of carbonyl (C=O) groups is 1. The molecule has 0 saturated carbocycles. The highest BCUT2D eigenvalue weighted by Crippen LogP contribution is 2.31. The Labute approximate surface area is 211 Å². The number of methoxy groups -OCH3 is 2. The lowest BCUT2D eigenvalue weighted by Gasteiger charge is -2.31. The van der Waals surface area contributed by atoms with Crippen LogP contribution in [0.3, 0.4) is 0 Å². The van der Waals surface area contributed by atoms with Gasteiger partial charge in [0.25, 0.3) is 0 Å². The topological polar surface area (TPSA) is 69.0 Å². The third-order valence-corrected chi connectivity index (χ3v) is 7.11. The van der Waals surface area contributed by atoms with E-state index in [1.165, 1.54) is 12.1 Å². The van der Waals surface area contributed by atoms with Gasteiger partial charge in [-0.25, -0.2) is 4.39 Å². The normalized spacial score (nSPS) is 14.8. The van der Waals surface area contributed by atoms with Crippen LogP contribution in [0.4, 0.5) is 4.39 Å². The SMILES string of the molecule is COc1cc2occ(CCCCCCN3CCC(C(=O)c4ccc(F)cc4)CC3)c(=O)c2cc1OC. The third-order valence-electron chi connectivity index (χ3n) is 7.11. The van der Waals surface area contributed by atoms with E-state index >= 15 is 0 Å². The van der Waals surface area contributed by atoms with Crippen molar-refractivity contribution in [2.24, 2.45) is 5.92 Å². The van der Waals surface area contributed by atoms with Crippen LogP contribution >= 0.6 is 0 Å². The van der Waals surface area contributed by atoms with Crippen LogP contribution in [0.25, 0.3) is 11.0 Å². The summed E-state index contributed by atoms with van der Waals surface area (Å²) >= 11 is 0. The third kappa shape index (κ3) is 6.13. The molecular formula is C29H34FNO5. The molecule has 4 rings (SSSR count). The predicted molar refractivity (Wildman–Crippen MR) is 138 cm³/mol. The second-order valence-corrected chi connectivity index (χ2v) is 9.44. The van der Waals surface area contributed by atoms with Crippen molar-refractivity contribution in [2.45, 2.75) is 44.9 Å². The van der Waals surface area contributed by atoms with Gasteiger partial charge < -0.3 is 18.8 Å².